The van der Waals surface area contributed by atoms with Crippen LogP contribution in [0.2, 0.25) is 0 Å². The summed E-state index contributed by atoms with van der Waals surface area (Å²) in [5, 5.41) is 15.5. The van der Waals surface area contributed by atoms with E-state index in [-0.39, 0.29) is 46.4 Å². The summed E-state index contributed by atoms with van der Waals surface area (Å²) in [6, 6.07) is 7.32. The van der Waals surface area contributed by atoms with Crippen molar-refractivity contribution in [1.82, 2.24) is 24.7 Å². The number of benzene rings is 1. The van der Waals surface area contributed by atoms with E-state index < -0.39 is 17.7 Å². The number of anilines is 3. The largest absolute Gasteiger partial charge is 0.465 e. The third kappa shape index (κ3) is 3.41. The number of nitrogen functional groups attached to an aromatic ring is 2. The fourth-order valence-electron chi connectivity index (χ4n) is 2.93. The van der Waals surface area contributed by atoms with E-state index >= 15 is 0 Å². The van der Waals surface area contributed by atoms with Gasteiger partial charge >= 0.3 is 6.09 Å². The summed E-state index contributed by atoms with van der Waals surface area (Å²) in [6.45, 7) is 0.0193. The van der Waals surface area contributed by atoms with Crippen molar-refractivity contribution in [3.05, 3.63) is 53.7 Å². The second kappa shape index (κ2) is 7.24. The number of nitrogens with zero attached hydrogens (tertiary/aromatic N) is 5. The highest BCUT2D eigenvalue weighted by molar-refractivity contribution is 5.94. The molecule has 1 amide bonds. The fourth-order valence-corrected chi connectivity index (χ4v) is 2.93. The van der Waals surface area contributed by atoms with E-state index in [9.17, 15) is 13.6 Å². The molecule has 152 valence electrons. The van der Waals surface area contributed by atoms with Crippen LogP contribution in [0.4, 0.5) is 30.9 Å². The number of halogens is 2. The number of aromatic nitrogens is 5. The number of hydrogen-bond donors (Lipinski definition) is 4. The number of fused-ring (bicyclic) bond motifs is 1. The first-order chi connectivity index (χ1) is 14.3. The Bertz CT molecular complexity index is 1270. The first-order valence-electron chi connectivity index (χ1n) is 8.52. The molecule has 0 aliphatic carbocycles. The molecule has 30 heavy (non-hydrogen) atoms. The molecule has 0 saturated heterocycles. The molecule has 0 bridgehead atoms. The van der Waals surface area contributed by atoms with Gasteiger partial charge in [-0.1, -0.05) is 18.2 Å². The first-order valence-corrected chi connectivity index (χ1v) is 8.52. The van der Waals surface area contributed by atoms with Crippen molar-refractivity contribution < 1.29 is 18.7 Å². The van der Waals surface area contributed by atoms with Gasteiger partial charge in [0.2, 0.25) is 0 Å². The quantitative estimate of drug-likeness (QED) is 0.398. The van der Waals surface area contributed by atoms with Crippen molar-refractivity contribution in [2.45, 2.75) is 6.54 Å². The number of hydrogen-bond acceptors (Lipinski definition) is 7. The molecule has 0 aliphatic heterocycles. The van der Waals surface area contributed by atoms with Crippen molar-refractivity contribution in [3.63, 3.8) is 0 Å². The summed E-state index contributed by atoms with van der Waals surface area (Å²) in [7, 11) is 0. The average Bonchev–Trinajstić information content (AvgIpc) is 3.03. The van der Waals surface area contributed by atoms with Crippen LogP contribution in [0, 0.1) is 11.6 Å². The van der Waals surface area contributed by atoms with Crippen LogP contribution >= 0.6 is 0 Å². The number of carbonyl (C=O) groups is 1. The molecule has 1 aromatic carbocycles. The van der Waals surface area contributed by atoms with E-state index in [2.05, 4.69) is 20.1 Å². The number of rotatable bonds is 4. The molecule has 0 fully saturated rings. The Morgan fingerprint density at radius 3 is 2.53 bits per heavy atom. The Morgan fingerprint density at radius 2 is 1.87 bits per heavy atom. The first kappa shape index (κ1) is 19.0. The zero-order valence-electron chi connectivity index (χ0n) is 15.2. The maximum absolute atomic E-state index is 14.1. The highest BCUT2D eigenvalue weighted by atomic mass is 19.1. The van der Waals surface area contributed by atoms with Gasteiger partial charge in [-0.15, -0.1) is 0 Å². The lowest BCUT2D eigenvalue weighted by molar-refractivity contribution is 0.209. The Labute approximate surface area is 167 Å². The lowest BCUT2D eigenvalue weighted by atomic mass is 10.2. The predicted molar refractivity (Wildman–Crippen MR) is 104 cm³/mol. The van der Waals surface area contributed by atoms with E-state index in [0.717, 1.165) is 6.20 Å². The van der Waals surface area contributed by atoms with Crippen molar-refractivity contribution in [2.75, 3.05) is 16.8 Å². The van der Waals surface area contributed by atoms with Crippen LogP contribution in [0.5, 0.6) is 0 Å². The maximum atomic E-state index is 14.1. The van der Waals surface area contributed by atoms with Gasteiger partial charge in [-0.2, -0.15) is 5.10 Å². The summed E-state index contributed by atoms with van der Waals surface area (Å²) >= 11 is 0. The fraction of sp³-hybridized carbons (Fsp3) is 0.0556. The number of amides is 1. The van der Waals surface area contributed by atoms with Crippen LogP contribution < -0.4 is 16.8 Å². The van der Waals surface area contributed by atoms with Gasteiger partial charge in [0.05, 0.1) is 18.1 Å². The van der Waals surface area contributed by atoms with Crippen molar-refractivity contribution in [1.29, 1.82) is 0 Å². The smallest absolute Gasteiger partial charge is 0.409 e. The molecule has 0 aliphatic rings. The molecule has 3 heterocycles. The Kier molecular flexibility index (Phi) is 4.58. The predicted octanol–water partition coefficient (Wildman–Crippen LogP) is 2.47. The third-order valence-corrected chi connectivity index (χ3v) is 4.24. The van der Waals surface area contributed by atoms with E-state index in [1.54, 1.807) is 18.2 Å². The molecule has 0 spiro atoms. The van der Waals surface area contributed by atoms with Gasteiger partial charge in [-0.25, -0.2) is 33.2 Å². The molecule has 0 atom stereocenters. The molecule has 4 aromatic rings. The molecular formula is C18H14F2N8O2. The number of carboxylic acid groups (broad SMARTS) is 1. The zero-order chi connectivity index (χ0) is 21.4. The van der Waals surface area contributed by atoms with E-state index in [1.807, 2.05) is 5.32 Å². The second-order valence-corrected chi connectivity index (χ2v) is 6.25. The SMILES string of the molecule is Nc1nc(-c2nn(Cc3ccccc3F)c3ncc(F)cc23)nc(N)c1NC(=O)O. The van der Waals surface area contributed by atoms with Crippen LogP contribution in [-0.4, -0.2) is 35.9 Å². The van der Waals surface area contributed by atoms with Gasteiger partial charge in [-0.3, -0.25) is 5.32 Å². The van der Waals surface area contributed by atoms with Gasteiger partial charge in [0.15, 0.2) is 23.1 Å². The Hall–Kier alpha value is -4.35. The summed E-state index contributed by atoms with van der Waals surface area (Å²) < 4.78 is 29.3. The lowest BCUT2D eigenvalue weighted by Crippen LogP contribution is -2.14. The molecule has 10 nitrogen and oxygen atoms in total. The molecular weight excluding hydrogens is 398 g/mol. The zero-order valence-corrected chi connectivity index (χ0v) is 15.2. The summed E-state index contributed by atoms with van der Waals surface area (Å²) in [5.41, 5.74) is 12.1. The van der Waals surface area contributed by atoms with Crippen LogP contribution in [0.25, 0.3) is 22.6 Å². The Morgan fingerprint density at radius 1 is 1.17 bits per heavy atom. The molecule has 12 heteroatoms. The highest BCUT2D eigenvalue weighted by Gasteiger charge is 2.20. The summed E-state index contributed by atoms with van der Waals surface area (Å²) in [4.78, 5) is 23.0. The van der Waals surface area contributed by atoms with E-state index in [0.29, 0.717) is 5.56 Å². The molecule has 0 unspecified atom stereocenters. The summed E-state index contributed by atoms with van der Waals surface area (Å²) in [5.74, 6) is -1.59. The Balaban J connectivity index is 1.87. The minimum atomic E-state index is -1.39. The van der Waals surface area contributed by atoms with Crippen molar-refractivity contribution in [3.8, 4) is 11.5 Å². The molecule has 0 saturated carbocycles. The third-order valence-electron chi connectivity index (χ3n) is 4.24. The maximum Gasteiger partial charge on any atom is 0.409 e. The molecule has 3 aromatic heterocycles. The van der Waals surface area contributed by atoms with Gasteiger partial charge in [-0.05, 0) is 12.1 Å². The van der Waals surface area contributed by atoms with E-state index in [1.165, 1.54) is 16.8 Å². The minimum absolute atomic E-state index is 0.0193. The van der Waals surface area contributed by atoms with Gasteiger partial charge in [0.1, 0.15) is 23.0 Å². The number of nitrogens with two attached hydrogens (primary N) is 2. The van der Waals surface area contributed by atoms with Gasteiger partial charge in [0.25, 0.3) is 0 Å². The normalized spacial score (nSPS) is 11.0. The standard InChI is InChI=1S/C18H14F2N8O2/c19-9-5-10-12(16-25-14(21)13(15(22)26-16)24-18(29)30)27-28(17(10)23-6-9)7-8-3-1-2-4-11(8)20/h1-6,24H,7H2,(H,29,30)(H4,21,22,25,26). The van der Waals surface area contributed by atoms with Crippen molar-refractivity contribution >= 4 is 34.4 Å². The van der Waals surface area contributed by atoms with Crippen LogP contribution in [-0.2, 0) is 6.54 Å². The summed E-state index contributed by atoms with van der Waals surface area (Å²) in [6.07, 6.45) is -0.384. The topological polar surface area (TPSA) is 158 Å². The van der Waals surface area contributed by atoms with Crippen molar-refractivity contribution in [2.24, 2.45) is 0 Å². The number of pyridine rings is 1. The molecule has 0 radical (unpaired) electrons. The van der Waals surface area contributed by atoms with Crippen LogP contribution in [0.1, 0.15) is 5.56 Å². The second-order valence-electron chi connectivity index (χ2n) is 6.25. The average molecular weight is 412 g/mol. The van der Waals surface area contributed by atoms with E-state index in [4.69, 9.17) is 16.6 Å². The minimum Gasteiger partial charge on any atom is -0.465 e. The van der Waals surface area contributed by atoms with Gasteiger partial charge in [0, 0.05) is 5.56 Å². The highest BCUT2D eigenvalue weighted by Crippen LogP contribution is 2.30. The molecule has 6 N–H and O–H groups in total. The van der Waals surface area contributed by atoms with Gasteiger partial charge < -0.3 is 16.6 Å². The monoisotopic (exact) mass is 412 g/mol. The lowest BCUT2D eigenvalue weighted by Gasteiger charge is -2.08. The number of nitrogens with one attached hydrogen (secondary N) is 1. The van der Waals surface area contributed by atoms with Crippen LogP contribution in [0.3, 0.4) is 0 Å². The molecule has 4 rings (SSSR count). The van der Waals surface area contributed by atoms with Crippen LogP contribution in [0.15, 0.2) is 36.5 Å².